The minimum absolute atomic E-state index is 0.132. The molecule has 9 nitrogen and oxygen atoms in total. The van der Waals surface area contributed by atoms with E-state index < -0.39 is 5.60 Å². The fourth-order valence-corrected chi connectivity index (χ4v) is 4.66. The normalized spacial score (nSPS) is 11.7. The number of anilines is 1. The third-order valence-electron chi connectivity index (χ3n) is 6.34. The summed E-state index contributed by atoms with van der Waals surface area (Å²) >= 11 is 6.62. The van der Waals surface area contributed by atoms with Crippen molar-refractivity contribution in [1.29, 1.82) is 0 Å². The first-order valence-corrected chi connectivity index (χ1v) is 12.9. The highest BCUT2D eigenvalue weighted by Gasteiger charge is 2.22. The van der Waals surface area contributed by atoms with E-state index in [9.17, 15) is 5.11 Å². The zero-order valence-corrected chi connectivity index (χ0v) is 22.5. The van der Waals surface area contributed by atoms with Crippen molar-refractivity contribution in [3.05, 3.63) is 101 Å². The van der Waals surface area contributed by atoms with E-state index in [4.69, 9.17) is 31.7 Å². The van der Waals surface area contributed by atoms with Crippen LogP contribution in [0.4, 0.5) is 5.82 Å². The Morgan fingerprint density at radius 3 is 2.45 bits per heavy atom. The molecule has 4 aromatic heterocycles. The molecule has 0 amide bonds. The summed E-state index contributed by atoms with van der Waals surface area (Å²) in [6.45, 7) is 3.36. The molecule has 0 aliphatic rings. The van der Waals surface area contributed by atoms with Crippen molar-refractivity contribution in [2.45, 2.75) is 25.9 Å². The van der Waals surface area contributed by atoms with Gasteiger partial charge in [-0.15, -0.1) is 10.2 Å². The van der Waals surface area contributed by atoms with Gasteiger partial charge in [-0.2, -0.15) is 0 Å². The summed E-state index contributed by atoms with van der Waals surface area (Å²) in [5.74, 6) is 0.603. The molecule has 6 aromatic rings. The predicted molar refractivity (Wildman–Crippen MR) is 153 cm³/mol. The van der Waals surface area contributed by atoms with Crippen molar-refractivity contribution < 1.29 is 9.52 Å². The first kappa shape index (κ1) is 25.5. The first-order valence-electron chi connectivity index (χ1n) is 12.6. The summed E-state index contributed by atoms with van der Waals surface area (Å²) in [6, 6.07) is 22.7. The molecule has 0 aliphatic heterocycles. The summed E-state index contributed by atoms with van der Waals surface area (Å²) in [5, 5.41) is 20.1. The van der Waals surface area contributed by atoms with Gasteiger partial charge in [-0.25, -0.2) is 9.97 Å². The standard InChI is InChI=1S/C30H24ClN7O2/c1-30(2,39)22-12-6-11-20(34-22)16-23-37-38-29(40-23)27-28(32)36-25(17-8-4-3-5-9-17)26(35-27)19-14-18-10-7-13-33-24(18)21(31)15-19/h3-15,39H,16H2,1-2H3,(H2,32,36). The van der Waals surface area contributed by atoms with Crippen LogP contribution in [-0.4, -0.2) is 35.2 Å². The highest BCUT2D eigenvalue weighted by atomic mass is 35.5. The number of aliphatic hydroxyl groups is 1. The second kappa shape index (κ2) is 10.1. The Bertz CT molecular complexity index is 1850. The Labute approximate surface area is 234 Å². The molecule has 0 spiro atoms. The highest BCUT2D eigenvalue weighted by Crippen LogP contribution is 2.36. The van der Waals surface area contributed by atoms with Crippen LogP contribution in [0.3, 0.4) is 0 Å². The van der Waals surface area contributed by atoms with Gasteiger partial charge in [-0.3, -0.25) is 9.97 Å². The van der Waals surface area contributed by atoms with Gasteiger partial charge in [-0.1, -0.05) is 54.1 Å². The molecule has 0 saturated heterocycles. The summed E-state index contributed by atoms with van der Waals surface area (Å²) in [5.41, 5.74) is 10.2. The maximum Gasteiger partial charge on any atom is 0.270 e. The van der Waals surface area contributed by atoms with Gasteiger partial charge in [0.1, 0.15) is 5.60 Å². The number of pyridine rings is 2. The molecule has 0 fully saturated rings. The summed E-state index contributed by atoms with van der Waals surface area (Å²) in [6.07, 6.45) is 1.97. The third kappa shape index (κ3) is 5.00. The van der Waals surface area contributed by atoms with Crippen LogP contribution in [0.1, 0.15) is 31.1 Å². The topological polar surface area (TPSA) is 137 Å². The maximum absolute atomic E-state index is 10.3. The quantitative estimate of drug-likeness (QED) is 0.262. The molecule has 0 saturated carbocycles. The Hall–Kier alpha value is -4.73. The number of nitrogens with two attached hydrogens (primary N) is 1. The molecule has 0 atom stereocenters. The van der Waals surface area contributed by atoms with E-state index in [1.807, 2.05) is 66.7 Å². The molecule has 0 radical (unpaired) electrons. The number of hydrogen-bond acceptors (Lipinski definition) is 9. The number of fused-ring (bicyclic) bond motifs is 1. The van der Waals surface area contributed by atoms with Crippen LogP contribution < -0.4 is 5.73 Å². The van der Waals surface area contributed by atoms with E-state index in [1.54, 1.807) is 26.1 Å². The molecular formula is C30H24ClN7O2. The van der Waals surface area contributed by atoms with Crippen LogP contribution in [0.5, 0.6) is 0 Å². The SMILES string of the molecule is CC(C)(O)c1cccc(Cc2nnc(-c3nc(-c4cc(Cl)c5ncccc5c4)c(-c4ccccc4)nc3N)o2)n1. The smallest absolute Gasteiger partial charge is 0.270 e. The largest absolute Gasteiger partial charge is 0.419 e. The van der Waals surface area contributed by atoms with E-state index >= 15 is 0 Å². The van der Waals surface area contributed by atoms with Crippen LogP contribution in [0.25, 0.3) is 45.0 Å². The molecule has 0 unspecified atom stereocenters. The second-order valence-corrected chi connectivity index (χ2v) is 10.2. The Balaban J connectivity index is 1.44. The second-order valence-electron chi connectivity index (χ2n) is 9.80. The molecular weight excluding hydrogens is 526 g/mol. The summed E-state index contributed by atoms with van der Waals surface area (Å²) in [4.78, 5) is 18.5. The number of hydrogen-bond donors (Lipinski definition) is 2. The Morgan fingerprint density at radius 2 is 1.65 bits per heavy atom. The number of halogens is 1. The van der Waals surface area contributed by atoms with Gasteiger partial charge in [0.2, 0.25) is 5.89 Å². The number of benzene rings is 2. The van der Waals surface area contributed by atoms with Crippen molar-refractivity contribution in [3.8, 4) is 34.1 Å². The maximum atomic E-state index is 10.3. The fraction of sp³-hybridized carbons (Fsp3) is 0.133. The van der Waals surface area contributed by atoms with Gasteiger partial charge in [0.25, 0.3) is 5.89 Å². The molecule has 10 heteroatoms. The minimum atomic E-state index is -1.07. The van der Waals surface area contributed by atoms with E-state index in [0.29, 0.717) is 39.2 Å². The van der Waals surface area contributed by atoms with Gasteiger partial charge in [0.05, 0.1) is 39.7 Å². The Morgan fingerprint density at radius 1 is 0.850 bits per heavy atom. The molecule has 3 N–H and O–H groups in total. The lowest BCUT2D eigenvalue weighted by Gasteiger charge is -2.16. The van der Waals surface area contributed by atoms with Crippen molar-refractivity contribution in [2.24, 2.45) is 0 Å². The van der Waals surface area contributed by atoms with Crippen LogP contribution >= 0.6 is 11.6 Å². The third-order valence-corrected chi connectivity index (χ3v) is 6.63. The zero-order valence-electron chi connectivity index (χ0n) is 21.7. The molecule has 0 aliphatic carbocycles. The van der Waals surface area contributed by atoms with Crippen LogP contribution in [0.2, 0.25) is 5.02 Å². The number of nitrogen functional groups attached to an aromatic ring is 1. The molecule has 6 rings (SSSR count). The van der Waals surface area contributed by atoms with Gasteiger partial charge in [-0.05, 0) is 44.2 Å². The van der Waals surface area contributed by atoms with E-state index in [-0.39, 0.29) is 23.8 Å². The zero-order chi connectivity index (χ0) is 27.9. The van der Waals surface area contributed by atoms with Crippen molar-refractivity contribution in [3.63, 3.8) is 0 Å². The lowest BCUT2D eigenvalue weighted by Crippen LogP contribution is -2.18. The average Bonchev–Trinajstić information content (AvgIpc) is 3.41. The fourth-order valence-electron chi connectivity index (χ4n) is 4.38. The van der Waals surface area contributed by atoms with Gasteiger partial charge < -0.3 is 15.3 Å². The Kier molecular flexibility index (Phi) is 6.45. The molecule has 0 bridgehead atoms. The summed E-state index contributed by atoms with van der Waals surface area (Å²) < 4.78 is 5.97. The van der Waals surface area contributed by atoms with Crippen LogP contribution in [0.15, 0.2) is 83.4 Å². The van der Waals surface area contributed by atoms with Crippen molar-refractivity contribution in [2.75, 3.05) is 5.73 Å². The lowest BCUT2D eigenvalue weighted by atomic mass is 10.0. The van der Waals surface area contributed by atoms with E-state index in [0.717, 1.165) is 16.5 Å². The summed E-state index contributed by atoms with van der Waals surface area (Å²) in [7, 11) is 0. The van der Waals surface area contributed by atoms with Gasteiger partial charge in [0, 0.05) is 22.7 Å². The van der Waals surface area contributed by atoms with Crippen LogP contribution in [0, 0.1) is 0 Å². The molecule has 2 aromatic carbocycles. The van der Waals surface area contributed by atoms with E-state index in [1.165, 1.54) is 0 Å². The molecule has 4 heterocycles. The van der Waals surface area contributed by atoms with Crippen LogP contribution in [-0.2, 0) is 12.0 Å². The van der Waals surface area contributed by atoms with Gasteiger partial charge in [0.15, 0.2) is 11.5 Å². The average molecular weight is 550 g/mol. The van der Waals surface area contributed by atoms with E-state index in [2.05, 4.69) is 20.2 Å². The molecule has 40 heavy (non-hydrogen) atoms. The lowest BCUT2D eigenvalue weighted by molar-refractivity contribution is 0.0736. The van der Waals surface area contributed by atoms with Gasteiger partial charge >= 0.3 is 0 Å². The predicted octanol–water partition coefficient (Wildman–Crippen LogP) is 5.86. The van der Waals surface area contributed by atoms with Crippen molar-refractivity contribution in [1.82, 2.24) is 30.1 Å². The number of nitrogens with zero attached hydrogens (tertiary/aromatic N) is 6. The highest BCUT2D eigenvalue weighted by molar-refractivity contribution is 6.35. The first-order chi connectivity index (χ1) is 19.3. The monoisotopic (exact) mass is 549 g/mol. The number of rotatable bonds is 6. The molecule has 198 valence electrons. The minimum Gasteiger partial charge on any atom is -0.419 e. The van der Waals surface area contributed by atoms with Crippen molar-refractivity contribution >= 4 is 28.3 Å². The number of aromatic nitrogens is 6.